The lowest BCUT2D eigenvalue weighted by molar-refractivity contribution is 0.698. The van der Waals surface area contributed by atoms with Crippen LogP contribution in [0.5, 0.6) is 0 Å². The van der Waals surface area contributed by atoms with E-state index in [0.717, 1.165) is 17.8 Å². The molecule has 2 fully saturated rings. The minimum Gasteiger partial charge on any atom is -0.319 e. The van der Waals surface area contributed by atoms with Crippen molar-refractivity contribution in [3.05, 3.63) is 35.4 Å². The van der Waals surface area contributed by atoms with E-state index in [4.69, 9.17) is 0 Å². The molecule has 0 aliphatic heterocycles. The largest absolute Gasteiger partial charge is 0.319 e. The molecule has 2 unspecified atom stereocenters. The van der Waals surface area contributed by atoms with E-state index in [0.29, 0.717) is 0 Å². The van der Waals surface area contributed by atoms with Gasteiger partial charge in [-0.15, -0.1) is 0 Å². The van der Waals surface area contributed by atoms with Crippen molar-refractivity contribution >= 4 is 0 Å². The maximum absolute atomic E-state index is 3.27. The molecule has 1 N–H and O–H groups in total. The fourth-order valence-electron chi connectivity index (χ4n) is 2.58. The fourth-order valence-corrected chi connectivity index (χ4v) is 2.58. The van der Waals surface area contributed by atoms with E-state index in [-0.39, 0.29) is 0 Å². The Bertz CT molecular complexity index is 337. The summed E-state index contributed by atoms with van der Waals surface area (Å²) in [5.74, 6) is 2.62. The van der Waals surface area contributed by atoms with Gasteiger partial charge >= 0.3 is 0 Å². The summed E-state index contributed by atoms with van der Waals surface area (Å²) in [6.45, 7) is 1.18. The molecule has 0 spiro atoms. The summed E-state index contributed by atoms with van der Waals surface area (Å²) in [5.41, 5.74) is 3.12. The fraction of sp³-hybridized carbons (Fsp3) is 0.571. The minimum atomic E-state index is 0.839. The zero-order valence-corrected chi connectivity index (χ0v) is 9.37. The molecule has 0 bridgehead atoms. The summed E-state index contributed by atoms with van der Waals surface area (Å²) in [7, 11) is 2.05. The third-order valence-corrected chi connectivity index (χ3v) is 3.80. The maximum atomic E-state index is 3.27. The van der Waals surface area contributed by atoms with Crippen LogP contribution < -0.4 is 5.32 Å². The molecule has 0 heterocycles. The van der Waals surface area contributed by atoms with E-state index >= 15 is 0 Å². The lowest BCUT2D eigenvalue weighted by Crippen LogP contribution is -2.10. The Hall–Kier alpha value is -0.820. The highest BCUT2D eigenvalue weighted by Gasteiger charge is 2.37. The third kappa shape index (κ3) is 1.93. The first-order valence-corrected chi connectivity index (χ1v) is 6.13. The van der Waals surface area contributed by atoms with Crippen LogP contribution in [-0.4, -0.2) is 13.6 Å². The SMILES string of the molecule is CNCC1CC1c1ccc(C2CC2)cc1. The smallest absolute Gasteiger partial charge is 0.00175 e. The second kappa shape index (κ2) is 3.64. The van der Waals surface area contributed by atoms with E-state index < -0.39 is 0 Å². The van der Waals surface area contributed by atoms with E-state index in [1.807, 2.05) is 7.05 Å². The van der Waals surface area contributed by atoms with Crippen molar-refractivity contribution < 1.29 is 0 Å². The number of hydrogen-bond donors (Lipinski definition) is 1. The van der Waals surface area contributed by atoms with Crippen LogP contribution >= 0.6 is 0 Å². The Morgan fingerprint density at radius 2 is 1.80 bits per heavy atom. The molecular formula is C14H19N. The second-order valence-electron chi connectivity index (χ2n) is 5.10. The second-order valence-corrected chi connectivity index (χ2v) is 5.10. The number of benzene rings is 1. The van der Waals surface area contributed by atoms with Crippen LogP contribution in [0.1, 0.15) is 42.2 Å². The first-order valence-electron chi connectivity index (χ1n) is 6.13. The maximum Gasteiger partial charge on any atom is -0.00175 e. The molecule has 80 valence electrons. The van der Waals surface area contributed by atoms with Crippen LogP contribution in [0, 0.1) is 5.92 Å². The van der Waals surface area contributed by atoms with Gasteiger partial charge in [-0.1, -0.05) is 24.3 Å². The van der Waals surface area contributed by atoms with Crippen molar-refractivity contribution in [1.29, 1.82) is 0 Å². The van der Waals surface area contributed by atoms with Gasteiger partial charge < -0.3 is 5.32 Å². The molecule has 2 aliphatic carbocycles. The van der Waals surface area contributed by atoms with Crippen LogP contribution in [0.3, 0.4) is 0 Å². The first-order chi connectivity index (χ1) is 7.38. The van der Waals surface area contributed by atoms with Crippen LogP contribution in [0.4, 0.5) is 0 Å². The van der Waals surface area contributed by atoms with Gasteiger partial charge in [-0.3, -0.25) is 0 Å². The highest BCUT2D eigenvalue weighted by molar-refractivity contribution is 5.32. The Morgan fingerprint density at radius 3 is 2.40 bits per heavy atom. The summed E-state index contributed by atoms with van der Waals surface area (Å²) in [6.07, 6.45) is 4.19. The van der Waals surface area contributed by atoms with Crippen molar-refractivity contribution in [3.63, 3.8) is 0 Å². The summed E-state index contributed by atoms with van der Waals surface area (Å²) in [6, 6.07) is 9.41. The van der Waals surface area contributed by atoms with Crippen molar-refractivity contribution in [3.8, 4) is 0 Å². The van der Waals surface area contributed by atoms with E-state index in [2.05, 4.69) is 29.6 Å². The quantitative estimate of drug-likeness (QED) is 0.790. The highest BCUT2D eigenvalue weighted by Crippen LogP contribution is 2.47. The average molecular weight is 201 g/mol. The predicted molar refractivity (Wildman–Crippen MR) is 63.2 cm³/mol. The van der Waals surface area contributed by atoms with Crippen LogP contribution in [0.25, 0.3) is 0 Å². The van der Waals surface area contributed by atoms with Gasteiger partial charge in [0.15, 0.2) is 0 Å². The molecule has 1 heteroatoms. The summed E-state index contributed by atoms with van der Waals surface area (Å²) in [4.78, 5) is 0. The zero-order valence-electron chi connectivity index (χ0n) is 9.37. The molecule has 0 radical (unpaired) electrons. The van der Waals surface area contributed by atoms with Crippen molar-refractivity contribution in [1.82, 2.24) is 5.32 Å². The van der Waals surface area contributed by atoms with Gasteiger partial charge in [-0.25, -0.2) is 0 Å². The standard InChI is InChI=1S/C14H19N/c1-15-9-13-8-14(13)12-6-4-11(5-7-12)10-2-3-10/h4-7,10,13-15H,2-3,8-9H2,1H3. The zero-order chi connectivity index (χ0) is 10.3. The van der Waals surface area contributed by atoms with Gasteiger partial charge in [0.25, 0.3) is 0 Å². The molecular weight excluding hydrogens is 182 g/mol. The molecule has 1 nitrogen and oxygen atoms in total. The minimum absolute atomic E-state index is 0.839. The number of rotatable bonds is 4. The Labute approximate surface area is 91.9 Å². The van der Waals surface area contributed by atoms with E-state index in [1.54, 1.807) is 11.1 Å². The Morgan fingerprint density at radius 1 is 1.13 bits per heavy atom. The summed E-state index contributed by atoms with van der Waals surface area (Å²) < 4.78 is 0. The van der Waals surface area contributed by atoms with Crippen LogP contribution in [-0.2, 0) is 0 Å². The van der Waals surface area contributed by atoms with Gasteiger partial charge in [0.2, 0.25) is 0 Å². The van der Waals surface area contributed by atoms with Crippen LogP contribution in [0.15, 0.2) is 24.3 Å². The topological polar surface area (TPSA) is 12.0 Å². The highest BCUT2D eigenvalue weighted by atomic mass is 14.8. The predicted octanol–water partition coefficient (Wildman–Crippen LogP) is 2.89. The Kier molecular flexibility index (Phi) is 2.28. The average Bonchev–Trinajstić information content (AvgIpc) is 3.14. The van der Waals surface area contributed by atoms with Gasteiger partial charge in [0.1, 0.15) is 0 Å². The molecule has 15 heavy (non-hydrogen) atoms. The molecule has 1 aromatic rings. The molecule has 0 saturated heterocycles. The van der Waals surface area contributed by atoms with Gasteiger partial charge in [0.05, 0.1) is 0 Å². The number of hydrogen-bond acceptors (Lipinski definition) is 1. The molecule has 3 rings (SSSR count). The third-order valence-electron chi connectivity index (χ3n) is 3.80. The van der Waals surface area contributed by atoms with E-state index in [9.17, 15) is 0 Å². The molecule has 2 saturated carbocycles. The normalized spacial score (nSPS) is 29.1. The van der Waals surface area contributed by atoms with Crippen molar-refractivity contribution in [2.45, 2.75) is 31.1 Å². The van der Waals surface area contributed by atoms with E-state index in [1.165, 1.54) is 25.8 Å². The monoisotopic (exact) mass is 201 g/mol. The molecule has 1 aromatic carbocycles. The molecule has 2 atom stereocenters. The van der Waals surface area contributed by atoms with Gasteiger partial charge in [-0.05, 0) is 61.7 Å². The van der Waals surface area contributed by atoms with Crippen molar-refractivity contribution in [2.75, 3.05) is 13.6 Å². The summed E-state index contributed by atoms with van der Waals surface area (Å²) in [5, 5.41) is 3.27. The van der Waals surface area contributed by atoms with Crippen LogP contribution in [0.2, 0.25) is 0 Å². The first kappa shape index (κ1) is 9.41. The number of nitrogens with one attached hydrogen (secondary N) is 1. The van der Waals surface area contributed by atoms with Crippen molar-refractivity contribution in [2.24, 2.45) is 5.92 Å². The molecule has 2 aliphatic rings. The van der Waals surface area contributed by atoms with Gasteiger partial charge in [0, 0.05) is 0 Å². The lowest BCUT2D eigenvalue weighted by Gasteiger charge is -2.02. The van der Waals surface area contributed by atoms with Gasteiger partial charge in [-0.2, -0.15) is 0 Å². The molecule has 0 amide bonds. The lowest BCUT2D eigenvalue weighted by atomic mass is 10.0. The molecule has 0 aromatic heterocycles. The summed E-state index contributed by atoms with van der Waals surface area (Å²) >= 11 is 0. The Balaban J connectivity index is 1.66.